The molecule has 1 N–H and O–H groups in total. The van der Waals surface area contributed by atoms with Crippen molar-refractivity contribution in [3.8, 4) is 0 Å². The van der Waals surface area contributed by atoms with Gasteiger partial charge in [-0.05, 0) is 25.8 Å². The van der Waals surface area contributed by atoms with Gasteiger partial charge in [0.25, 0.3) is 0 Å². The average molecular weight is 232 g/mol. The van der Waals surface area contributed by atoms with Crippen LogP contribution < -0.4 is 0 Å². The van der Waals surface area contributed by atoms with Gasteiger partial charge in [-0.2, -0.15) is 0 Å². The summed E-state index contributed by atoms with van der Waals surface area (Å²) in [5, 5.41) is 9.08. The highest BCUT2D eigenvalue weighted by Gasteiger charge is 2.37. The number of carbonyl (C=O) groups excluding carboxylic acids is 1. The van der Waals surface area contributed by atoms with Gasteiger partial charge in [0, 0.05) is 11.5 Å². The Labute approximate surface area is 100 Å². The normalized spacial score (nSPS) is 23.6. The fourth-order valence-electron chi connectivity index (χ4n) is 2.58. The number of carboxylic acid groups (broad SMARTS) is 1. The summed E-state index contributed by atoms with van der Waals surface area (Å²) in [5.41, 5.74) is 1.67. The molecule has 17 heavy (non-hydrogen) atoms. The average Bonchev–Trinajstić information content (AvgIpc) is 2.77. The third-order valence-electron chi connectivity index (χ3n) is 3.47. The maximum Gasteiger partial charge on any atom is 0.307 e. The van der Waals surface area contributed by atoms with Crippen LogP contribution >= 0.6 is 0 Å². The van der Waals surface area contributed by atoms with Gasteiger partial charge < -0.3 is 5.11 Å². The lowest BCUT2D eigenvalue weighted by Crippen LogP contribution is -2.25. The summed E-state index contributed by atoms with van der Waals surface area (Å²) in [6, 6.07) is 7.37. The van der Waals surface area contributed by atoms with Gasteiger partial charge in [-0.3, -0.25) is 9.59 Å². The number of Topliss-reactive ketones (excluding diaryl/α,β-unsaturated/α-hetero) is 1. The molecular formula is C14H16O3. The van der Waals surface area contributed by atoms with Gasteiger partial charge >= 0.3 is 5.97 Å². The molecule has 90 valence electrons. The molecule has 0 unspecified atom stereocenters. The summed E-state index contributed by atoms with van der Waals surface area (Å²) in [5.74, 6) is -1.69. The van der Waals surface area contributed by atoms with Crippen molar-refractivity contribution in [1.29, 1.82) is 0 Å². The van der Waals surface area contributed by atoms with E-state index >= 15 is 0 Å². The topological polar surface area (TPSA) is 54.4 Å². The van der Waals surface area contributed by atoms with Crippen molar-refractivity contribution in [2.45, 2.75) is 26.2 Å². The van der Waals surface area contributed by atoms with Crippen molar-refractivity contribution >= 4 is 11.8 Å². The summed E-state index contributed by atoms with van der Waals surface area (Å²) in [7, 11) is 0. The lowest BCUT2D eigenvalue weighted by molar-refractivity contribution is -0.142. The molecule has 2 atom stereocenters. The van der Waals surface area contributed by atoms with Crippen LogP contribution in [0.15, 0.2) is 24.3 Å². The first kappa shape index (κ1) is 11.8. The van der Waals surface area contributed by atoms with Crippen molar-refractivity contribution in [1.82, 2.24) is 0 Å². The van der Waals surface area contributed by atoms with Crippen LogP contribution in [0.1, 0.15) is 35.2 Å². The molecule has 0 heterocycles. The van der Waals surface area contributed by atoms with Crippen LogP contribution in [-0.4, -0.2) is 16.9 Å². The van der Waals surface area contributed by atoms with Gasteiger partial charge in [0.15, 0.2) is 5.78 Å². The van der Waals surface area contributed by atoms with Gasteiger partial charge in [-0.15, -0.1) is 0 Å². The van der Waals surface area contributed by atoms with Crippen molar-refractivity contribution < 1.29 is 14.7 Å². The van der Waals surface area contributed by atoms with E-state index in [1.54, 1.807) is 6.07 Å². The van der Waals surface area contributed by atoms with Gasteiger partial charge in [0.2, 0.25) is 0 Å². The van der Waals surface area contributed by atoms with E-state index in [0.29, 0.717) is 18.4 Å². The second-order valence-corrected chi connectivity index (χ2v) is 4.72. The predicted octanol–water partition coefficient (Wildman–Crippen LogP) is 2.68. The summed E-state index contributed by atoms with van der Waals surface area (Å²) in [6.07, 6.45) is 2.15. The Hall–Kier alpha value is -1.64. The summed E-state index contributed by atoms with van der Waals surface area (Å²) < 4.78 is 0. The Morgan fingerprint density at radius 2 is 1.94 bits per heavy atom. The molecule has 3 nitrogen and oxygen atoms in total. The van der Waals surface area contributed by atoms with E-state index in [9.17, 15) is 9.59 Å². The molecular weight excluding hydrogens is 216 g/mol. The molecule has 1 aliphatic carbocycles. The first-order valence-corrected chi connectivity index (χ1v) is 5.93. The van der Waals surface area contributed by atoms with E-state index < -0.39 is 11.9 Å². The minimum atomic E-state index is -0.839. The number of carboxylic acids is 1. The van der Waals surface area contributed by atoms with Crippen LogP contribution in [0.3, 0.4) is 0 Å². The zero-order valence-corrected chi connectivity index (χ0v) is 9.85. The second kappa shape index (κ2) is 4.70. The minimum absolute atomic E-state index is 0.0152. The number of aryl methyl sites for hydroxylation is 1. The van der Waals surface area contributed by atoms with Crippen LogP contribution in [0.4, 0.5) is 0 Å². The molecule has 0 aromatic heterocycles. The smallest absolute Gasteiger partial charge is 0.307 e. The molecule has 0 radical (unpaired) electrons. The number of ketones is 1. The predicted molar refractivity (Wildman–Crippen MR) is 64.0 cm³/mol. The molecule has 2 rings (SSSR count). The van der Waals surface area contributed by atoms with Gasteiger partial charge in [0.1, 0.15) is 0 Å². The first-order chi connectivity index (χ1) is 8.09. The summed E-state index contributed by atoms with van der Waals surface area (Å²) in [4.78, 5) is 23.3. The lowest BCUT2D eigenvalue weighted by Gasteiger charge is -2.14. The molecule has 3 heteroatoms. The molecule has 1 saturated carbocycles. The van der Waals surface area contributed by atoms with E-state index in [2.05, 4.69) is 0 Å². The van der Waals surface area contributed by atoms with Crippen molar-refractivity contribution in [3.63, 3.8) is 0 Å². The van der Waals surface area contributed by atoms with E-state index in [1.165, 1.54) is 0 Å². The Bertz CT molecular complexity index is 451. The van der Waals surface area contributed by atoms with Crippen LogP contribution in [0.2, 0.25) is 0 Å². The zero-order valence-electron chi connectivity index (χ0n) is 9.85. The fourth-order valence-corrected chi connectivity index (χ4v) is 2.58. The SMILES string of the molecule is Cc1cccc(C(=O)[C@H]2CCC[C@H]2C(=O)O)c1. The Morgan fingerprint density at radius 3 is 2.59 bits per heavy atom. The third-order valence-corrected chi connectivity index (χ3v) is 3.47. The molecule has 0 amide bonds. The minimum Gasteiger partial charge on any atom is -0.481 e. The number of benzene rings is 1. The second-order valence-electron chi connectivity index (χ2n) is 4.72. The Kier molecular flexibility index (Phi) is 3.27. The van der Waals surface area contributed by atoms with Gasteiger partial charge in [0.05, 0.1) is 5.92 Å². The first-order valence-electron chi connectivity index (χ1n) is 5.93. The van der Waals surface area contributed by atoms with E-state index in [4.69, 9.17) is 5.11 Å². The number of aliphatic carboxylic acids is 1. The number of hydrogen-bond donors (Lipinski definition) is 1. The van der Waals surface area contributed by atoms with E-state index in [0.717, 1.165) is 12.0 Å². The molecule has 0 bridgehead atoms. The third kappa shape index (κ3) is 2.38. The highest BCUT2D eigenvalue weighted by atomic mass is 16.4. The fraction of sp³-hybridized carbons (Fsp3) is 0.429. The molecule has 0 saturated heterocycles. The molecule has 1 aromatic rings. The molecule has 0 spiro atoms. The van der Waals surface area contributed by atoms with E-state index in [-0.39, 0.29) is 11.7 Å². The van der Waals surface area contributed by atoms with Gasteiger partial charge in [-0.25, -0.2) is 0 Å². The maximum absolute atomic E-state index is 12.3. The highest BCUT2D eigenvalue weighted by Crippen LogP contribution is 2.34. The van der Waals surface area contributed by atoms with Crippen molar-refractivity contribution in [3.05, 3.63) is 35.4 Å². The summed E-state index contributed by atoms with van der Waals surface area (Å²) in [6.45, 7) is 1.93. The molecule has 1 aliphatic rings. The maximum atomic E-state index is 12.3. The standard InChI is InChI=1S/C14H16O3/c1-9-4-2-5-10(8-9)13(15)11-6-3-7-12(11)14(16)17/h2,4-5,8,11-12H,3,6-7H2,1H3,(H,16,17)/t11-,12+/m0/s1. The molecule has 1 fully saturated rings. The molecule has 0 aliphatic heterocycles. The van der Waals surface area contributed by atoms with E-state index in [1.807, 2.05) is 25.1 Å². The monoisotopic (exact) mass is 232 g/mol. The Morgan fingerprint density at radius 1 is 1.24 bits per heavy atom. The van der Waals surface area contributed by atoms with Crippen LogP contribution in [0.5, 0.6) is 0 Å². The zero-order chi connectivity index (χ0) is 12.4. The lowest BCUT2D eigenvalue weighted by atomic mass is 9.88. The highest BCUT2D eigenvalue weighted by molar-refractivity contribution is 6.00. The van der Waals surface area contributed by atoms with Crippen molar-refractivity contribution in [2.24, 2.45) is 11.8 Å². The van der Waals surface area contributed by atoms with Crippen LogP contribution in [-0.2, 0) is 4.79 Å². The van der Waals surface area contributed by atoms with Crippen LogP contribution in [0, 0.1) is 18.8 Å². The van der Waals surface area contributed by atoms with Crippen LogP contribution in [0.25, 0.3) is 0 Å². The van der Waals surface area contributed by atoms with Gasteiger partial charge in [-0.1, -0.05) is 30.2 Å². The number of rotatable bonds is 3. The number of hydrogen-bond acceptors (Lipinski definition) is 2. The number of carbonyl (C=O) groups is 2. The Balaban J connectivity index is 2.23. The van der Waals surface area contributed by atoms with Crippen molar-refractivity contribution in [2.75, 3.05) is 0 Å². The largest absolute Gasteiger partial charge is 0.481 e. The quantitative estimate of drug-likeness (QED) is 0.815. The molecule has 1 aromatic carbocycles. The summed E-state index contributed by atoms with van der Waals surface area (Å²) >= 11 is 0.